The quantitative estimate of drug-likeness (QED) is 0.789. The number of aryl methyl sites for hydroxylation is 1. The Balaban J connectivity index is 1.73. The van der Waals surface area contributed by atoms with Gasteiger partial charge in [-0.25, -0.2) is 0 Å². The molecule has 1 aromatic heterocycles. The first kappa shape index (κ1) is 15.5. The van der Waals surface area contributed by atoms with Crippen molar-refractivity contribution in [2.24, 2.45) is 5.92 Å². The highest BCUT2D eigenvalue weighted by Gasteiger charge is 2.20. The average molecular weight is 287 g/mol. The SMILES string of the molecule is Cc1cc(CN2CCN(CC(C#N)CCC#N)CC2)on1. The van der Waals surface area contributed by atoms with Gasteiger partial charge in [-0.1, -0.05) is 5.16 Å². The smallest absolute Gasteiger partial charge is 0.150 e. The van der Waals surface area contributed by atoms with Crippen molar-refractivity contribution in [3.05, 3.63) is 17.5 Å². The summed E-state index contributed by atoms with van der Waals surface area (Å²) in [4.78, 5) is 4.65. The molecule has 1 fully saturated rings. The Bertz CT molecular complexity index is 519. The van der Waals surface area contributed by atoms with Crippen LogP contribution < -0.4 is 0 Å². The zero-order valence-electron chi connectivity index (χ0n) is 12.5. The van der Waals surface area contributed by atoms with Gasteiger partial charge < -0.3 is 4.52 Å². The van der Waals surface area contributed by atoms with E-state index in [9.17, 15) is 0 Å². The molecule has 0 bridgehead atoms. The molecule has 1 saturated heterocycles. The molecule has 0 radical (unpaired) electrons. The summed E-state index contributed by atoms with van der Waals surface area (Å²) >= 11 is 0. The summed E-state index contributed by atoms with van der Waals surface area (Å²) in [5.41, 5.74) is 0.915. The monoisotopic (exact) mass is 287 g/mol. The molecule has 0 aliphatic carbocycles. The van der Waals surface area contributed by atoms with Crippen LogP contribution in [0.2, 0.25) is 0 Å². The molecule has 112 valence electrons. The topological polar surface area (TPSA) is 80.1 Å². The van der Waals surface area contributed by atoms with Crippen molar-refractivity contribution < 1.29 is 4.52 Å². The second-order valence-electron chi connectivity index (χ2n) is 5.53. The summed E-state index contributed by atoms with van der Waals surface area (Å²) in [5.74, 6) is 0.873. The Kier molecular flexibility index (Phi) is 5.74. The van der Waals surface area contributed by atoms with E-state index in [0.717, 1.165) is 50.7 Å². The molecule has 1 atom stereocenters. The minimum Gasteiger partial charge on any atom is -0.360 e. The summed E-state index contributed by atoms with van der Waals surface area (Å²) in [7, 11) is 0. The molecular formula is C15H21N5O. The second kappa shape index (κ2) is 7.78. The molecule has 1 aliphatic heterocycles. The molecule has 0 saturated carbocycles. The van der Waals surface area contributed by atoms with Crippen molar-refractivity contribution in [1.82, 2.24) is 15.0 Å². The predicted molar refractivity (Wildman–Crippen MR) is 76.9 cm³/mol. The van der Waals surface area contributed by atoms with E-state index in [1.54, 1.807) is 0 Å². The van der Waals surface area contributed by atoms with E-state index in [1.807, 2.05) is 13.0 Å². The van der Waals surface area contributed by atoms with Gasteiger partial charge >= 0.3 is 0 Å². The maximum absolute atomic E-state index is 9.12. The van der Waals surface area contributed by atoms with Gasteiger partial charge in [-0.15, -0.1) is 0 Å². The number of nitrogens with zero attached hydrogens (tertiary/aromatic N) is 5. The van der Waals surface area contributed by atoms with Crippen LogP contribution in [0.4, 0.5) is 0 Å². The number of piperazine rings is 1. The highest BCUT2D eigenvalue weighted by atomic mass is 16.5. The van der Waals surface area contributed by atoms with E-state index in [0.29, 0.717) is 12.8 Å². The molecule has 1 unspecified atom stereocenters. The fraction of sp³-hybridized carbons (Fsp3) is 0.667. The van der Waals surface area contributed by atoms with Crippen LogP contribution in [-0.4, -0.2) is 47.7 Å². The molecule has 0 spiro atoms. The van der Waals surface area contributed by atoms with Crippen LogP contribution in [0.3, 0.4) is 0 Å². The Morgan fingerprint density at radius 2 is 2.00 bits per heavy atom. The van der Waals surface area contributed by atoms with Crippen molar-refractivity contribution in [2.45, 2.75) is 26.3 Å². The third kappa shape index (κ3) is 4.86. The van der Waals surface area contributed by atoms with Crippen molar-refractivity contribution in [1.29, 1.82) is 10.5 Å². The number of aromatic nitrogens is 1. The minimum atomic E-state index is -0.0341. The lowest BCUT2D eigenvalue weighted by Gasteiger charge is -2.34. The molecule has 1 aliphatic rings. The second-order valence-corrected chi connectivity index (χ2v) is 5.53. The Morgan fingerprint density at radius 1 is 1.29 bits per heavy atom. The standard InChI is InChI=1S/C15H21N5O/c1-13-9-15(21-18-13)12-20-7-5-19(6-8-20)11-14(10-17)3-2-4-16/h9,14H,2-3,5-8,11-12H2,1H3. The number of rotatable bonds is 6. The van der Waals surface area contributed by atoms with Crippen molar-refractivity contribution in [2.75, 3.05) is 32.7 Å². The molecule has 0 N–H and O–H groups in total. The highest BCUT2D eigenvalue weighted by molar-refractivity contribution is 5.03. The largest absolute Gasteiger partial charge is 0.360 e. The molecule has 21 heavy (non-hydrogen) atoms. The molecule has 6 nitrogen and oxygen atoms in total. The van der Waals surface area contributed by atoms with Gasteiger partial charge in [-0.2, -0.15) is 10.5 Å². The van der Waals surface area contributed by atoms with Gasteiger partial charge in [0.1, 0.15) is 0 Å². The van der Waals surface area contributed by atoms with E-state index < -0.39 is 0 Å². The molecule has 1 aromatic rings. The van der Waals surface area contributed by atoms with Crippen LogP contribution in [0.15, 0.2) is 10.6 Å². The van der Waals surface area contributed by atoms with E-state index in [4.69, 9.17) is 15.0 Å². The van der Waals surface area contributed by atoms with Gasteiger partial charge in [-0.3, -0.25) is 9.80 Å². The van der Waals surface area contributed by atoms with Crippen LogP contribution in [-0.2, 0) is 6.54 Å². The summed E-state index contributed by atoms with van der Waals surface area (Å²) in [6.45, 7) is 7.34. The van der Waals surface area contributed by atoms with Crippen LogP contribution >= 0.6 is 0 Å². The first-order valence-corrected chi connectivity index (χ1v) is 7.34. The lowest BCUT2D eigenvalue weighted by atomic mass is 10.0. The Hall–Kier alpha value is -1.89. The summed E-state index contributed by atoms with van der Waals surface area (Å²) in [6, 6.07) is 6.39. The number of nitriles is 2. The fourth-order valence-corrected chi connectivity index (χ4v) is 2.59. The summed E-state index contributed by atoms with van der Waals surface area (Å²) < 4.78 is 5.24. The van der Waals surface area contributed by atoms with Gasteiger partial charge in [-0.05, 0) is 13.3 Å². The van der Waals surface area contributed by atoms with Crippen molar-refractivity contribution in [3.8, 4) is 12.1 Å². The molecule has 2 heterocycles. The van der Waals surface area contributed by atoms with Gasteiger partial charge in [0, 0.05) is 45.2 Å². The third-order valence-corrected chi connectivity index (χ3v) is 3.79. The van der Waals surface area contributed by atoms with Crippen molar-refractivity contribution >= 4 is 0 Å². The van der Waals surface area contributed by atoms with Crippen LogP contribution in [0.25, 0.3) is 0 Å². The fourth-order valence-electron chi connectivity index (χ4n) is 2.59. The minimum absolute atomic E-state index is 0.0341. The van der Waals surface area contributed by atoms with E-state index in [2.05, 4.69) is 27.1 Å². The van der Waals surface area contributed by atoms with Gasteiger partial charge in [0.15, 0.2) is 5.76 Å². The first-order valence-electron chi connectivity index (χ1n) is 7.34. The molecule has 0 amide bonds. The molecule has 6 heteroatoms. The Morgan fingerprint density at radius 3 is 2.57 bits per heavy atom. The maximum Gasteiger partial charge on any atom is 0.150 e. The van der Waals surface area contributed by atoms with E-state index in [-0.39, 0.29) is 5.92 Å². The van der Waals surface area contributed by atoms with Crippen LogP contribution in [0.5, 0.6) is 0 Å². The lowest BCUT2D eigenvalue weighted by Crippen LogP contribution is -2.47. The maximum atomic E-state index is 9.12. The number of hydrogen-bond acceptors (Lipinski definition) is 6. The first-order chi connectivity index (χ1) is 10.2. The molecule has 2 rings (SSSR count). The summed E-state index contributed by atoms with van der Waals surface area (Å²) in [5, 5.41) is 21.6. The van der Waals surface area contributed by atoms with Crippen molar-refractivity contribution in [3.63, 3.8) is 0 Å². The zero-order valence-corrected chi connectivity index (χ0v) is 12.5. The third-order valence-electron chi connectivity index (χ3n) is 3.79. The van der Waals surface area contributed by atoms with Crippen LogP contribution in [0.1, 0.15) is 24.3 Å². The van der Waals surface area contributed by atoms with Crippen LogP contribution in [0, 0.1) is 35.5 Å². The molecule has 0 aromatic carbocycles. The highest BCUT2D eigenvalue weighted by Crippen LogP contribution is 2.12. The summed E-state index contributed by atoms with van der Waals surface area (Å²) in [6.07, 6.45) is 1.13. The van der Waals surface area contributed by atoms with Gasteiger partial charge in [0.05, 0.1) is 30.3 Å². The lowest BCUT2D eigenvalue weighted by molar-refractivity contribution is 0.111. The zero-order chi connectivity index (χ0) is 15.1. The molecular weight excluding hydrogens is 266 g/mol. The van der Waals surface area contributed by atoms with Gasteiger partial charge in [0.2, 0.25) is 0 Å². The van der Waals surface area contributed by atoms with E-state index >= 15 is 0 Å². The van der Waals surface area contributed by atoms with Gasteiger partial charge in [0.25, 0.3) is 0 Å². The normalized spacial score (nSPS) is 18.0. The average Bonchev–Trinajstić information content (AvgIpc) is 2.90. The predicted octanol–water partition coefficient (Wildman–Crippen LogP) is 1.54. The Labute approximate surface area is 125 Å². The van der Waals surface area contributed by atoms with E-state index in [1.165, 1.54) is 0 Å². The number of hydrogen-bond donors (Lipinski definition) is 0.